The van der Waals surface area contributed by atoms with Crippen LogP contribution in [0.2, 0.25) is 5.28 Å². The average Bonchev–Trinajstić information content (AvgIpc) is 2.75. The first kappa shape index (κ1) is 10.3. The Morgan fingerprint density at radius 1 is 1.06 bits per heavy atom. The van der Waals surface area contributed by atoms with Crippen LogP contribution in [0.5, 0.6) is 0 Å². The van der Waals surface area contributed by atoms with Crippen LogP contribution in [0.3, 0.4) is 0 Å². The molecule has 0 amide bonds. The summed E-state index contributed by atoms with van der Waals surface area (Å²) in [6.07, 6.45) is 0.598. The van der Waals surface area contributed by atoms with Crippen molar-refractivity contribution in [3.63, 3.8) is 0 Å². The number of hydrogen-bond donors (Lipinski definition) is 0. The summed E-state index contributed by atoms with van der Waals surface area (Å²) >= 11 is 5.63. The van der Waals surface area contributed by atoms with Gasteiger partial charge in [0.1, 0.15) is 0 Å². The molecular weight excluding hydrogens is 236 g/mol. The van der Waals surface area contributed by atoms with E-state index in [1.54, 1.807) is 0 Å². The molecule has 0 aliphatic rings. The third-order valence-electron chi connectivity index (χ3n) is 2.66. The molecule has 0 saturated carbocycles. The molecule has 3 rings (SSSR count). The topological polar surface area (TPSA) is 38.9 Å². The first-order valence-corrected chi connectivity index (χ1v) is 5.65. The zero-order chi connectivity index (χ0) is 11.7. The minimum Gasteiger partial charge on any atom is -0.338 e. The van der Waals surface area contributed by atoms with E-state index in [1.807, 2.05) is 18.2 Å². The van der Waals surface area contributed by atoms with Crippen molar-refractivity contribution in [3.8, 4) is 0 Å². The van der Waals surface area contributed by atoms with Crippen molar-refractivity contribution in [3.05, 3.63) is 59.2 Å². The van der Waals surface area contributed by atoms with Gasteiger partial charge in [0.15, 0.2) is 0 Å². The Morgan fingerprint density at radius 3 is 2.71 bits per heavy atom. The van der Waals surface area contributed by atoms with E-state index < -0.39 is 0 Å². The maximum absolute atomic E-state index is 5.63. The lowest BCUT2D eigenvalue weighted by Crippen LogP contribution is -1.89. The Balaban J connectivity index is 2.05. The van der Waals surface area contributed by atoms with Gasteiger partial charge in [-0.05, 0) is 33.1 Å². The highest BCUT2D eigenvalue weighted by atomic mass is 35.5. The zero-order valence-corrected chi connectivity index (χ0v) is 9.69. The van der Waals surface area contributed by atoms with Crippen LogP contribution in [0.4, 0.5) is 0 Å². The van der Waals surface area contributed by atoms with Crippen LogP contribution < -0.4 is 0 Å². The van der Waals surface area contributed by atoms with E-state index in [2.05, 4.69) is 34.4 Å². The molecule has 0 unspecified atom stereocenters. The molecule has 1 heterocycles. The molecule has 84 valence electrons. The van der Waals surface area contributed by atoms with Gasteiger partial charge >= 0.3 is 0 Å². The van der Waals surface area contributed by atoms with Crippen LogP contribution in [-0.2, 0) is 6.42 Å². The van der Waals surface area contributed by atoms with Crippen LogP contribution in [0.1, 0.15) is 11.5 Å². The number of nitrogens with zero attached hydrogens (tertiary/aromatic N) is 2. The molecular formula is C13H9ClN2O. The van der Waals surface area contributed by atoms with Gasteiger partial charge in [0.2, 0.25) is 5.89 Å². The van der Waals surface area contributed by atoms with Crippen LogP contribution in [0, 0.1) is 0 Å². The highest BCUT2D eigenvalue weighted by Gasteiger charge is 2.07. The molecule has 17 heavy (non-hydrogen) atoms. The van der Waals surface area contributed by atoms with E-state index in [-0.39, 0.29) is 5.28 Å². The van der Waals surface area contributed by atoms with Crippen LogP contribution in [0.25, 0.3) is 10.8 Å². The molecule has 3 aromatic rings. The first-order chi connectivity index (χ1) is 8.33. The van der Waals surface area contributed by atoms with E-state index in [0.29, 0.717) is 12.3 Å². The number of benzene rings is 2. The summed E-state index contributed by atoms with van der Waals surface area (Å²) in [5.41, 5.74) is 1.16. The van der Waals surface area contributed by atoms with Gasteiger partial charge in [-0.2, -0.15) is 4.98 Å². The SMILES string of the molecule is Clc1noc(Cc2cccc3ccccc23)n1. The molecule has 0 spiro atoms. The first-order valence-electron chi connectivity index (χ1n) is 5.27. The lowest BCUT2D eigenvalue weighted by Gasteiger charge is -2.03. The minimum absolute atomic E-state index is 0.153. The van der Waals surface area contributed by atoms with Crippen molar-refractivity contribution >= 4 is 22.4 Å². The fraction of sp³-hybridized carbons (Fsp3) is 0.0769. The Bertz CT molecular complexity index is 658. The molecule has 0 fully saturated rings. The van der Waals surface area contributed by atoms with Gasteiger partial charge in [0.05, 0.1) is 6.42 Å². The number of halogens is 1. The quantitative estimate of drug-likeness (QED) is 0.693. The van der Waals surface area contributed by atoms with Crippen molar-refractivity contribution in [1.29, 1.82) is 0 Å². The molecule has 4 heteroatoms. The summed E-state index contributed by atoms with van der Waals surface area (Å²) in [5, 5.41) is 6.13. The Morgan fingerprint density at radius 2 is 1.88 bits per heavy atom. The summed E-state index contributed by atoms with van der Waals surface area (Å²) in [4.78, 5) is 4.00. The Hall–Kier alpha value is -1.87. The summed E-state index contributed by atoms with van der Waals surface area (Å²) in [6.45, 7) is 0. The predicted octanol–water partition coefficient (Wildman–Crippen LogP) is 3.47. The van der Waals surface area contributed by atoms with Crippen molar-refractivity contribution in [2.45, 2.75) is 6.42 Å². The third kappa shape index (κ3) is 2.01. The summed E-state index contributed by atoms with van der Waals surface area (Å²) in [6, 6.07) is 14.4. The Labute approximate surface area is 103 Å². The van der Waals surface area contributed by atoms with Crippen LogP contribution in [0.15, 0.2) is 47.0 Å². The van der Waals surface area contributed by atoms with Gasteiger partial charge in [-0.25, -0.2) is 0 Å². The number of aromatic nitrogens is 2. The molecule has 0 radical (unpaired) electrons. The maximum atomic E-state index is 5.63. The minimum atomic E-state index is 0.153. The summed E-state index contributed by atoms with van der Waals surface area (Å²) in [7, 11) is 0. The largest absolute Gasteiger partial charge is 0.338 e. The molecule has 0 atom stereocenters. The second-order valence-electron chi connectivity index (χ2n) is 3.77. The lowest BCUT2D eigenvalue weighted by molar-refractivity contribution is 0.384. The fourth-order valence-electron chi connectivity index (χ4n) is 1.92. The summed E-state index contributed by atoms with van der Waals surface area (Å²) in [5.74, 6) is 0.534. The number of hydrogen-bond acceptors (Lipinski definition) is 3. The van der Waals surface area contributed by atoms with E-state index in [0.717, 1.165) is 5.56 Å². The highest BCUT2D eigenvalue weighted by molar-refractivity contribution is 6.28. The van der Waals surface area contributed by atoms with Crippen molar-refractivity contribution < 1.29 is 4.52 Å². The number of fused-ring (bicyclic) bond motifs is 1. The Kier molecular flexibility index (Phi) is 2.53. The van der Waals surface area contributed by atoms with Gasteiger partial charge in [-0.15, -0.1) is 0 Å². The molecule has 0 N–H and O–H groups in total. The van der Waals surface area contributed by atoms with Gasteiger partial charge in [0, 0.05) is 0 Å². The second-order valence-corrected chi connectivity index (χ2v) is 4.11. The van der Waals surface area contributed by atoms with Gasteiger partial charge in [-0.3, -0.25) is 0 Å². The molecule has 0 aliphatic heterocycles. The van der Waals surface area contributed by atoms with Crippen LogP contribution in [-0.4, -0.2) is 10.1 Å². The van der Waals surface area contributed by atoms with Crippen molar-refractivity contribution in [2.75, 3.05) is 0 Å². The monoisotopic (exact) mass is 244 g/mol. The average molecular weight is 245 g/mol. The van der Waals surface area contributed by atoms with Gasteiger partial charge < -0.3 is 4.52 Å². The van der Waals surface area contributed by atoms with Gasteiger partial charge in [0.25, 0.3) is 5.28 Å². The molecule has 0 aliphatic carbocycles. The summed E-state index contributed by atoms with van der Waals surface area (Å²) < 4.78 is 5.02. The van der Waals surface area contributed by atoms with Crippen LogP contribution >= 0.6 is 11.6 Å². The van der Waals surface area contributed by atoms with Crippen molar-refractivity contribution in [2.24, 2.45) is 0 Å². The normalized spacial score (nSPS) is 10.9. The zero-order valence-electron chi connectivity index (χ0n) is 8.93. The van der Waals surface area contributed by atoms with E-state index in [4.69, 9.17) is 16.1 Å². The number of rotatable bonds is 2. The molecule has 3 nitrogen and oxygen atoms in total. The maximum Gasteiger partial charge on any atom is 0.263 e. The molecule has 0 bridgehead atoms. The van der Waals surface area contributed by atoms with E-state index in [1.165, 1.54) is 10.8 Å². The molecule has 1 aromatic heterocycles. The van der Waals surface area contributed by atoms with E-state index >= 15 is 0 Å². The fourth-order valence-corrected chi connectivity index (χ4v) is 2.04. The molecule has 0 saturated heterocycles. The van der Waals surface area contributed by atoms with E-state index in [9.17, 15) is 0 Å². The molecule has 2 aromatic carbocycles. The van der Waals surface area contributed by atoms with Crippen molar-refractivity contribution in [1.82, 2.24) is 10.1 Å². The van der Waals surface area contributed by atoms with Gasteiger partial charge in [-0.1, -0.05) is 42.5 Å². The predicted molar refractivity (Wildman–Crippen MR) is 66.1 cm³/mol. The second kappa shape index (κ2) is 4.18. The standard InChI is InChI=1S/C13H9ClN2O/c14-13-15-12(17-16-13)8-10-6-3-5-9-4-1-2-7-11(9)10/h1-7H,8H2. The lowest BCUT2D eigenvalue weighted by atomic mass is 10.0. The third-order valence-corrected chi connectivity index (χ3v) is 2.82. The highest BCUT2D eigenvalue weighted by Crippen LogP contribution is 2.20. The smallest absolute Gasteiger partial charge is 0.263 e.